The number of aliphatic hydroxyl groups is 1. The summed E-state index contributed by atoms with van der Waals surface area (Å²) in [6, 6.07) is 0. The third-order valence-corrected chi connectivity index (χ3v) is 3.82. The van der Waals surface area contributed by atoms with Gasteiger partial charge >= 0.3 is 11.9 Å². The highest BCUT2D eigenvalue weighted by atomic mass is 16.5. The highest BCUT2D eigenvalue weighted by Crippen LogP contribution is 2.02. The summed E-state index contributed by atoms with van der Waals surface area (Å²) in [5, 5.41) is 8.75. The molecule has 0 rings (SSSR count). The molecular formula is C18H35NO5. The van der Waals surface area contributed by atoms with Crippen LogP contribution in [0.4, 0.5) is 0 Å². The second kappa shape index (κ2) is 16.7. The molecule has 0 fully saturated rings. The number of carbonyl (C=O) groups is 2. The second-order valence-electron chi connectivity index (χ2n) is 5.82. The first-order chi connectivity index (χ1) is 11.6. The standard InChI is InChI=1S/C18H35NO5/c1-3-17(21)23-15-9-6-10-16-24-18(22)11-13-19(4-2)12-7-5-8-14-20/h20H,3-16H2,1-2H3. The van der Waals surface area contributed by atoms with Gasteiger partial charge in [-0.05, 0) is 51.6 Å². The number of hydrogen-bond donors (Lipinski definition) is 1. The average Bonchev–Trinajstić information content (AvgIpc) is 2.60. The number of rotatable bonds is 16. The predicted molar refractivity (Wildman–Crippen MR) is 93.7 cm³/mol. The molecule has 0 bridgehead atoms. The molecule has 142 valence electrons. The molecule has 6 heteroatoms. The zero-order chi connectivity index (χ0) is 18.0. The van der Waals surface area contributed by atoms with Gasteiger partial charge in [0.2, 0.25) is 0 Å². The molecule has 0 heterocycles. The Hall–Kier alpha value is -1.14. The van der Waals surface area contributed by atoms with E-state index in [1.807, 2.05) is 0 Å². The van der Waals surface area contributed by atoms with Crippen LogP contribution in [-0.2, 0) is 19.1 Å². The summed E-state index contributed by atoms with van der Waals surface area (Å²) in [7, 11) is 0. The Morgan fingerprint density at radius 3 is 2.04 bits per heavy atom. The molecular weight excluding hydrogens is 310 g/mol. The van der Waals surface area contributed by atoms with Crippen LogP contribution in [0.3, 0.4) is 0 Å². The third kappa shape index (κ3) is 14.5. The van der Waals surface area contributed by atoms with Gasteiger partial charge < -0.3 is 19.5 Å². The van der Waals surface area contributed by atoms with Crippen molar-refractivity contribution in [3.63, 3.8) is 0 Å². The molecule has 0 unspecified atom stereocenters. The zero-order valence-electron chi connectivity index (χ0n) is 15.4. The number of nitrogens with zero attached hydrogens (tertiary/aromatic N) is 1. The van der Waals surface area contributed by atoms with Crippen molar-refractivity contribution in [3.8, 4) is 0 Å². The van der Waals surface area contributed by atoms with Crippen LogP contribution in [0.2, 0.25) is 0 Å². The highest BCUT2D eigenvalue weighted by molar-refractivity contribution is 5.69. The topological polar surface area (TPSA) is 76.1 Å². The Morgan fingerprint density at radius 2 is 1.46 bits per heavy atom. The van der Waals surface area contributed by atoms with E-state index in [0.717, 1.165) is 58.2 Å². The Morgan fingerprint density at radius 1 is 0.833 bits per heavy atom. The van der Waals surface area contributed by atoms with Crippen LogP contribution in [0.15, 0.2) is 0 Å². The van der Waals surface area contributed by atoms with Gasteiger partial charge in [0.25, 0.3) is 0 Å². The van der Waals surface area contributed by atoms with E-state index >= 15 is 0 Å². The van der Waals surface area contributed by atoms with Gasteiger partial charge in [0.1, 0.15) is 0 Å². The van der Waals surface area contributed by atoms with E-state index in [0.29, 0.717) is 26.1 Å². The van der Waals surface area contributed by atoms with Gasteiger partial charge in [-0.15, -0.1) is 0 Å². The lowest BCUT2D eigenvalue weighted by molar-refractivity contribution is -0.144. The first-order valence-electron chi connectivity index (χ1n) is 9.28. The summed E-state index contributed by atoms with van der Waals surface area (Å²) in [6.07, 6.45) is 6.23. The predicted octanol–water partition coefficient (Wildman–Crippen LogP) is 2.53. The maximum atomic E-state index is 11.7. The van der Waals surface area contributed by atoms with Crippen LogP contribution >= 0.6 is 0 Å². The van der Waals surface area contributed by atoms with E-state index in [1.54, 1.807) is 6.92 Å². The van der Waals surface area contributed by atoms with Crippen molar-refractivity contribution >= 4 is 11.9 Å². The zero-order valence-corrected chi connectivity index (χ0v) is 15.4. The van der Waals surface area contributed by atoms with E-state index < -0.39 is 0 Å². The Bertz CT molecular complexity index is 323. The minimum absolute atomic E-state index is 0.152. The van der Waals surface area contributed by atoms with Crippen LogP contribution in [-0.4, -0.2) is 61.4 Å². The van der Waals surface area contributed by atoms with Crippen molar-refractivity contribution in [1.29, 1.82) is 0 Å². The van der Waals surface area contributed by atoms with Crippen molar-refractivity contribution in [2.75, 3.05) is 39.5 Å². The first-order valence-corrected chi connectivity index (χ1v) is 9.28. The lowest BCUT2D eigenvalue weighted by atomic mass is 10.2. The summed E-state index contributed by atoms with van der Waals surface area (Å²) in [4.78, 5) is 24.9. The van der Waals surface area contributed by atoms with Gasteiger partial charge in [-0.3, -0.25) is 9.59 Å². The van der Waals surface area contributed by atoms with Crippen LogP contribution < -0.4 is 0 Å². The van der Waals surface area contributed by atoms with Gasteiger partial charge in [0.05, 0.1) is 19.6 Å². The van der Waals surface area contributed by atoms with E-state index in [2.05, 4.69) is 11.8 Å². The summed E-state index contributed by atoms with van der Waals surface area (Å²) in [5.74, 6) is -0.320. The number of unbranched alkanes of at least 4 members (excludes halogenated alkanes) is 4. The number of carbonyl (C=O) groups excluding carboxylic acids is 2. The molecule has 0 radical (unpaired) electrons. The van der Waals surface area contributed by atoms with Crippen LogP contribution in [0.25, 0.3) is 0 Å². The maximum Gasteiger partial charge on any atom is 0.307 e. The summed E-state index contributed by atoms with van der Waals surface area (Å²) in [5.41, 5.74) is 0. The molecule has 0 aliphatic rings. The fourth-order valence-corrected chi connectivity index (χ4v) is 2.23. The van der Waals surface area contributed by atoms with Crippen molar-refractivity contribution < 1.29 is 24.2 Å². The number of esters is 2. The minimum atomic E-state index is -0.168. The van der Waals surface area contributed by atoms with Gasteiger partial charge in [-0.25, -0.2) is 0 Å². The molecule has 0 amide bonds. The van der Waals surface area contributed by atoms with Crippen molar-refractivity contribution in [3.05, 3.63) is 0 Å². The molecule has 0 atom stereocenters. The fourth-order valence-electron chi connectivity index (χ4n) is 2.23. The summed E-state index contributed by atoms with van der Waals surface area (Å²) < 4.78 is 10.2. The maximum absolute atomic E-state index is 11.7. The van der Waals surface area contributed by atoms with Crippen molar-refractivity contribution in [2.45, 2.75) is 65.2 Å². The summed E-state index contributed by atoms with van der Waals surface area (Å²) >= 11 is 0. The molecule has 0 saturated heterocycles. The number of aliphatic hydroxyl groups excluding tert-OH is 1. The van der Waals surface area contributed by atoms with E-state index in [-0.39, 0.29) is 18.5 Å². The fraction of sp³-hybridized carbons (Fsp3) is 0.889. The lowest BCUT2D eigenvalue weighted by Gasteiger charge is -2.19. The molecule has 1 N–H and O–H groups in total. The average molecular weight is 345 g/mol. The van der Waals surface area contributed by atoms with Crippen LogP contribution in [0.1, 0.15) is 65.2 Å². The van der Waals surface area contributed by atoms with E-state index in [1.165, 1.54) is 0 Å². The molecule has 0 spiro atoms. The first kappa shape index (κ1) is 22.9. The lowest BCUT2D eigenvalue weighted by Crippen LogP contribution is -2.27. The number of hydrogen-bond acceptors (Lipinski definition) is 6. The monoisotopic (exact) mass is 345 g/mol. The molecule has 6 nitrogen and oxygen atoms in total. The van der Waals surface area contributed by atoms with Crippen LogP contribution in [0, 0.1) is 0 Å². The quantitative estimate of drug-likeness (QED) is 0.342. The summed E-state index contributed by atoms with van der Waals surface area (Å²) in [6.45, 7) is 7.59. The van der Waals surface area contributed by atoms with Gasteiger partial charge in [0, 0.05) is 19.6 Å². The Balaban J connectivity index is 3.51. The molecule has 0 aromatic carbocycles. The normalized spacial score (nSPS) is 10.8. The molecule has 0 aromatic rings. The van der Waals surface area contributed by atoms with Gasteiger partial charge in [-0.2, -0.15) is 0 Å². The molecule has 0 saturated carbocycles. The van der Waals surface area contributed by atoms with Gasteiger partial charge in [-0.1, -0.05) is 13.8 Å². The molecule has 24 heavy (non-hydrogen) atoms. The molecule has 0 aliphatic carbocycles. The third-order valence-electron chi connectivity index (χ3n) is 3.82. The highest BCUT2D eigenvalue weighted by Gasteiger charge is 2.07. The Kier molecular flexibility index (Phi) is 15.9. The largest absolute Gasteiger partial charge is 0.466 e. The van der Waals surface area contributed by atoms with E-state index in [4.69, 9.17) is 14.6 Å². The second-order valence-corrected chi connectivity index (χ2v) is 5.82. The van der Waals surface area contributed by atoms with Crippen molar-refractivity contribution in [1.82, 2.24) is 4.90 Å². The molecule has 0 aliphatic heterocycles. The minimum Gasteiger partial charge on any atom is -0.466 e. The number of ether oxygens (including phenoxy) is 2. The van der Waals surface area contributed by atoms with Crippen molar-refractivity contribution in [2.24, 2.45) is 0 Å². The molecule has 0 aromatic heterocycles. The Labute approximate surface area is 146 Å². The van der Waals surface area contributed by atoms with Crippen LogP contribution in [0.5, 0.6) is 0 Å². The van der Waals surface area contributed by atoms with E-state index in [9.17, 15) is 9.59 Å². The SMILES string of the molecule is CCC(=O)OCCCCCOC(=O)CCN(CC)CCCCCO. The van der Waals surface area contributed by atoms with Gasteiger partial charge in [0.15, 0.2) is 0 Å². The smallest absolute Gasteiger partial charge is 0.307 e.